The molecule has 4 nitrogen and oxygen atoms in total. The molecule has 0 aromatic carbocycles. The highest BCUT2D eigenvalue weighted by Crippen LogP contribution is 2.20. The van der Waals surface area contributed by atoms with Crippen molar-refractivity contribution >= 4 is 32.7 Å². The number of hydrogen-bond donors (Lipinski definition) is 0. The lowest BCUT2D eigenvalue weighted by atomic mass is 10.4. The average Bonchev–Trinajstić information content (AvgIpc) is 2.68. The highest BCUT2D eigenvalue weighted by atomic mass is 32.2. The Kier molecular flexibility index (Phi) is 6.62. The van der Waals surface area contributed by atoms with Crippen LogP contribution in [0.3, 0.4) is 0 Å². The van der Waals surface area contributed by atoms with E-state index in [1.165, 1.54) is 11.3 Å². The molecule has 0 saturated heterocycles. The van der Waals surface area contributed by atoms with E-state index >= 15 is 0 Å². The molecule has 0 radical (unpaired) electrons. The van der Waals surface area contributed by atoms with Gasteiger partial charge in [0.1, 0.15) is 0 Å². The third-order valence-corrected chi connectivity index (χ3v) is 4.66. The molecule has 0 saturated carbocycles. The van der Waals surface area contributed by atoms with Gasteiger partial charge in [0.15, 0.2) is 9.84 Å². The maximum absolute atomic E-state index is 11.3. The van der Waals surface area contributed by atoms with Crippen LogP contribution in [0.1, 0.15) is 18.7 Å². The van der Waals surface area contributed by atoms with Gasteiger partial charge in [-0.05, 0) is 12.5 Å². The summed E-state index contributed by atoms with van der Waals surface area (Å²) in [5.74, 6) is 0.187. The summed E-state index contributed by atoms with van der Waals surface area (Å²) in [6.07, 6.45) is 0.907. The highest BCUT2D eigenvalue weighted by molar-refractivity contribution is 7.91. The van der Waals surface area contributed by atoms with Gasteiger partial charge in [0.05, 0.1) is 10.6 Å². The van der Waals surface area contributed by atoms with E-state index in [-0.39, 0.29) is 5.75 Å². The molecular formula is C8H12O4S3. The van der Waals surface area contributed by atoms with Gasteiger partial charge in [-0.1, -0.05) is 13.8 Å². The Labute approximate surface area is 96.9 Å². The van der Waals surface area contributed by atoms with Crippen molar-refractivity contribution in [1.29, 1.82) is 0 Å². The van der Waals surface area contributed by atoms with Crippen molar-refractivity contribution < 1.29 is 16.8 Å². The first-order chi connectivity index (χ1) is 7.01. The van der Waals surface area contributed by atoms with E-state index in [0.717, 1.165) is 11.3 Å². The Morgan fingerprint density at radius 1 is 1.33 bits per heavy atom. The van der Waals surface area contributed by atoms with Gasteiger partial charge in [0.25, 0.3) is 0 Å². The third-order valence-electron chi connectivity index (χ3n) is 1.72. The molecule has 0 fully saturated rings. The zero-order valence-corrected chi connectivity index (χ0v) is 10.9. The second kappa shape index (κ2) is 6.86. The molecule has 1 heterocycles. The van der Waals surface area contributed by atoms with E-state index in [0.29, 0.717) is 4.90 Å². The quantitative estimate of drug-likeness (QED) is 0.831. The molecule has 0 N–H and O–H groups in total. The molecule has 1 aromatic heterocycles. The van der Waals surface area contributed by atoms with Gasteiger partial charge in [0, 0.05) is 10.3 Å². The molecule has 1 aromatic rings. The van der Waals surface area contributed by atoms with Crippen LogP contribution in [0, 0.1) is 0 Å². The highest BCUT2D eigenvalue weighted by Gasteiger charge is 2.12. The molecule has 86 valence electrons. The van der Waals surface area contributed by atoms with Crippen molar-refractivity contribution in [3.05, 3.63) is 16.3 Å². The molecule has 0 unspecified atom stereocenters. The van der Waals surface area contributed by atoms with Gasteiger partial charge >= 0.3 is 11.6 Å². The summed E-state index contributed by atoms with van der Waals surface area (Å²) in [5.41, 5.74) is 0. The lowest BCUT2D eigenvalue weighted by Crippen LogP contribution is -2.01. The molecule has 15 heavy (non-hydrogen) atoms. The van der Waals surface area contributed by atoms with Crippen molar-refractivity contribution in [3.63, 3.8) is 0 Å². The number of hydrogen-bond acceptors (Lipinski definition) is 5. The Morgan fingerprint density at radius 2 is 1.87 bits per heavy atom. The molecule has 1 rings (SSSR count). The minimum atomic E-state index is -2.98. The lowest BCUT2D eigenvalue weighted by molar-refractivity contribution is 0.597. The van der Waals surface area contributed by atoms with Gasteiger partial charge in [-0.2, -0.15) is 8.42 Å². The van der Waals surface area contributed by atoms with E-state index in [9.17, 15) is 8.42 Å². The lowest BCUT2D eigenvalue weighted by Gasteiger charge is -1.94. The molecule has 0 spiro atoms. The summed E-state index contributed by atoms with van der Waals surface area (Å²) < 4.78 is 39.3. The van der Waals surface area contributed by atoms with Crippen molar-refractivity contribution in [3.8, 4) is 0 Å². The maximum Gasteiger partial charge on any atom is 0.335 e. The molecule has 7 heteroatoms. The first kappa shape index (κ1) is 14.5. The summed E-state index contributed by atoms with van der Waals surface area (Å²) in [4.78, 5) is 1.61. The van der Waals surface area contributed by atoms with Crippen molar-refractivity contribution in [2.24, 2.45) is 0 Å². The number of sulfone groups is 1. The summed E-state index contributed by atoms with van der Waals surface area (Å²) in [6, 6.07) is 1.77. The van der Waals surface area contributed by atoms with Crippen LogP contribution in [-0.4, -0.2) is 22.6 Å². The predicted octanol–water partition coefficient (Wildman–Crippen LogP) is 1.43. The smallest absolute Gasteiger partial charge is 0.224 e. The molecule has 0 aliphatic heterocycles. The zero-order chi connectivity index (χ0) is 11.9. The summed E-state index contributed by atoms with van der Waals surface area (Å²) in [7, 11) is -2.98. The van der Waals surface area contributed by atoms with Crippen LogP contribution >= 0.6 is 11.3 Å². The molecule has 0 aliphatic rings. The Balaban J connectivity index is 0.000000583. The van der Waals surface area contributed by atoms with Gasteiger partial charge in [-0.25, -0.2) is 8.42 Å². The Hall–Kier alpha value is -0.530. The van der Waals surface area contributed by atoms with E-state index in [4.69, 9.17) is 8.42 Å². The molecular weight excluding hydrogens is 256 g/mol. The fourth-order valence-corrected chi connectivity index (χ4v) is 3.03. The Morgan fingerprint density at radius 3 is 2.20 bits per heavy atom. The summed E-state index contributed by atoms with van der Waals surface area (Å²) in [5, 5.41) is 1.72. The monoisotopic (exact) mass is 268 g/mol. The van der Waals surface area contributed by atoms with Crippen molar-refractivity contribution in [1.82, 2.24) is 0 Å². The standard InChI is InChI=1S/C8H12O2S2.O2S/c1-3-7-5-8(6-11-7)12(9,10)4-2;1-3-2/h5-6H,3-4H2,1-2H3;. The van der Waals surface area contributed by atoms with E-state index in [1.807, 2.05) is 6.92 Å². The van der Waals surface area contributed by atoms with Crippen LogP contribution in [0.25, 0.3) is 0 Å². The first-order valence-corrected chi connectivity index (χ1v) is 7.43. The van der Waals surface area contributed by atoms with Crippen LogP contribution in [0.5, 0.6) is 0 Å². The van der Waals surface area contributed by atoms with E-state index < -0.39 is 21.4 Å². The number of thiophene rings is 1. The third kappa shape index (κ3) is 4.67. The van der Waals surface area contributed by atoms with Crippen LogP contribution in [0.4, 0.5) is 0 Å². The minimum Gasteiger partial charge on any atom is -0.224 e. The van der Waals surface area contributed by atoms with Gasteiger partial charge in [-0.3, -0.25) is 0 Å². The largest absolute Gasteiger partial charge is 0.335 e. The number of aryl methyl sites for hydroxylation is 1. The summed E-state index contributed by atoms with van der Waals surface area (Å²) in [6.45, 7) is 3.69. The van der Waals surface area contributed by atoms with Gasteiger partial charge in [0.2, 0.25) is 0 Å². The zero-order valence-electron chi connectivity index (χ0n) is 8.43. The van der Waals surface area contributed by atoms with Gasteiger partial charge < -0.3 is 0 Å². The summed E-state index contributed by atoms with van der Waals surface area (Å²) >= 11 is 0.763. The fraction of sp³-hybridized carbons (Fsp3) is 0.500. The van der Waals surface area contributed by atoms with Crippen molar-refractivity contribution in [2.45, 2.75) is 25.2 Å². The second-order valence-electron chi connectivity index (χ2n) is 2.57. The Bertz CT molecular complexity index is 426. The molecule has 0 aliphatic carbocycles. The number of rotatable bonds is 3. The average molecular weight is 268 g/mol. The van der Waals surface area contributed by atoms with E-state index in [1.54, 1.807) is 18.4 Å². The second-order valence-corrected chi connectivity index (χ2v) is 5.98. The molecule has 0 amide bonds. The van der Waals surface area contributed by atoms with Gasteiger partial charge in [-0.15, -0.1) is 11.3 Å². The predicted molar refractivity (Wildman–Crippen MR) is 60.3 cm³/mol. The SMILES string of the molecule is CCc1cc(S(=O)(=O)CC)cs1.O=S=O. The topological polar surface area (TPSA) is 68.3 Å². The first-order valence-electron chi connectivity index (χ1n) is 4.23. The molecule has 0 bridgehead atoms. The maximum atomic E-state index is 11.3. The minimum absolute atomic E-state index is 0.187. The van der Waals surface area contributed by atoms with Crippen LogP contribution < -0.4 is 0 Å². The van der Waals surface area contributed by atoms with E-state index in [2.05, 4.69) is 0 Å². The normalized spacial score (nSPS) is 10.3. The van der Waals surface area contributed by atoms with Crippen LogP contribution in [0.15, 0.2) is 16.3 Å². The van der Waals surface area contributed by atoms with Crippen molar-refractivity contribution in [2.75, 3.05) is 5.75 Å². The fourth-order valence-electron chi connectivity index (χ4n) is 0.876. The van der Waals surface area contributed by atoms with Crippen LogP contribution in [-0.2, 0) is 27.8 Å². The molecule has 0 atom stereocenters. The van der Waals surface area contributed by atoms with Crippen LogP contribution in [0.2, 0.25) is 0 Å².